The molecule has 3 aromatic rings. The number of ether oxygens (including phenoxy) is 1. The maximum absolute atomic E-state index is 12.2. The average molecular weight is 364 g/mol. The third-order valence-corrected chi connectivity index (χ3v) is 4.21. The number of carbonyl (C=O) groups is 1. The molecule has 0 bridgehead atoms. The second-order valence-electron chi connectivity index (χ2n) is 7.40. The van der Waals surface area contributed by atoms with Gasteiger partial charge in [-0.1, -0.05) is 45.0 Å². The fraction of sp³-hybridized carbons (Fsp3) is 0.286. The van der Waals surface area contributed by atoms with Crippen LogP contribution in [0.15, 0.2) is 48.5 Å². The lowest BCUT2D eigenvalue weighted by Gasteiger charge is -2.17. The van der Waals surface area contributed by atoms with Crippen molar-refractivity contribution < 1.29 is 9.53 Å². The molecule has 0 spiro atoms. The first kappa shape index (κ1) is 18.6. The molecule has 1 aromatic heterocycles. The van der Waals surface area contributed by atoms with Crippen LogP contribution >= 0.6 is 0 Å². The van der Waals surface area contributed by atoms with Gasteiger partial charge in [0.25, 0.3) is 0 Å². The zero-order valence-corrected chi connectivity index (χ0v) is 16.3. The zero-order valence-electron chi connectivity index (χ0n) is 16.3. The van der Waals surface area contributed by atoms with Crippen molar-refractivity contribution in [2.24, 2.45) is 5.41 Å². The SMILES string of the molecule is COc1nc(-c2ccccc2C)n(-c2ccc(NC(=O)C(C)(C)C)cc2)n1. The highest BCUT2D eigenvalue weighted by Gasteiger charge is 2.21. The highest BCUT2D eigenvalue weighted by atomic mass is 16.5. The largest absolute Gasteiger partial charge is 0.466 e. The minimum atomic E-state index is -0.448. The normalized spacial score (nSPS) is 11.3. The summed E-state index contributed by atoms with van der Waals surface area (Å²) in [5, 5.41) is 7.37. The Kier molecular flexibility index (Phi) is 4.99. The van der Waals surface area contributed by atoms with Gasteiger partial charge in [0.2, 0.25) is 5.91 Å². The van der Waals surface area contributed by atoms with Crippen LogP contribution in [0.25, 0.3) is 17.1 Å². The van der Waals surface area contributed by atoms with Gasteiger partial charge >= 0.3 is 6.01 Å². The maximum atomic E-state index is 12.2. The van der Waals surface area contributed by atoms with Gasteiger partial charge in [-0.2, -0.15) is 4.98 Å². The van der Waals surface area contributed by atoms with E-state index in [0.29, 0.717) is 11.8 Å². The van der Waals surface area contributed by atoms with E-state index >= 15 is 0 Å². The first-order valence-corrected chi connectivity index (χ1v) is 8.78. The van der Waals surface area contributed by atoms with E-state index in [1.165, 1.54) is 0 Å². The van der Waals surface area contributed by atoms with E-state index in [9.17, 15) is 4.79 Å². The number of nitrogens with zero attached hydrogens (tertiary/aromatic N) is 3. The molecule has 0 saturated heterocycles. The molecule has 0 fully saturated rings. The van der Waals surface area contributed by atoms with E-state index in [4.69, 9.17) is 4.74 Å². The molecule has 2 aromatic carbocycles. The van der Waals surface area contributed by atoms with Gasteiger partial charge in [0.05, 0.1) is 12.8 Å². The van der Waals surface area contributed by atoms with Gasteiger partial charge in [0.1, 0.15) is 0 Å². The molecule has 6 nitrogen and oxygen atoms in total. The van der Waals surface area contributed by atoms with Crippen LogP contribution in [0.1, 0.15) is 26.3 Å². The first-order chi connectivity index (χ1) is 12.8. The Morgan fingerprint density at radius 3 is 2.33 bits per heavy atom. The van der Waals surface area contributed by atoms with Crippen molar-refractivity contribution in [1.29, 1.82) is 0 Å². The van der Waals surface area contributed by atoms with Gasteiger partial charge < -0.3 is 10.1 Å². The molecule has 0 aliphatic rings. The molecule has 0 aliphatic heterocycles. The molecule has 1 N–H and O–H groups in total. The Bertz CT molecular complexity index is 953. The number of amides is 1. The number of rotatable bonds is 4. The number of hydrogen-bond donors (Lipinski definition) is 1. The van der Waals surface area contributed by atoms with Crippen molar-refractivity contribution in [1.82, 2.24) is 14.8 Å². The van der Waals surface area contributed by atoms with Crippen molar-refractivity contribution in [3.63, 3.8) is 0 Å². The number of nitrogens with one attached hydrogen (secondary N) is 1. The number of anilines is 1. The highest BCUT2D eigenvalue weighted by Crippen LogP contribution is 2.27. The van der Waals surface area contributed by atoms with Crippen molar-refractivity contribution in [3.05, 3.63) is 54.1 Å². The maximum Gasteiger partial charge on any atom is 0.336 e. The van der Waals surface area contributed by atoms with Crippen LogP contribution < -0.4 is 10.1 Å². The predicted molar refractivity (Wildman–Crippen MR) is 106 cm³/mol. The zero-order chi connectivity index (χ0) is 19.6. The predicted octanol–water partition coefficient (Wildman–Crippen LogP) is 4.24. The molecule has 1 heterocycles. The Balaban J connectivity index is 1.96. The summed E-state index contributed by atoms with van der Waals surface area (Å²) in [6.45, 7) is 7.68. The number of hydrogen-bond acceptors (Lipinski definition) is 4. The summed E-state index contributed by atoms with van der Waals surface area (Å²) >= 11 is 0. The van der Waals surface area contributed by atoms with E-state index in [0.717, 1.165) is 22.5 Å². The number of carbonyl (C=O) groups excluding carboxylic acids is 1. The summed E-state index contributed by atoms with van der Waals surface area (Å²) < 4.78 is 6.98. The number of benzene rings is 2. The van der Waals surface area contributed by atoms with Gasteiger partial charge in [0.15, 0.2) is 5.82 Å². The summed E-state index contributed by atoms with van der Waals surface area (Å²) in [4.78, 5) is 16.7. The lowest BCUT2D eigenvalue weighted by Crippen LogP contribution is -2.27. The molecule has 0 radical (unpaired) electrons. The standard InChI is InChI=1S/C21H24N4O2/c1-14-8-6-7-9-17(14)18-23-20(27-5)24-25(18)16-12-10-15(11-13-16)22-19(26)21(2,3)4/h6-13H,1-5H3,(H,22,26). The Hall–Kier alpha value is -3.15. The van der Waals surface area contributed by atoms with Gasteiger partial charge in [-0.3, -0.25) is 4.79 Å². The second-order valence-corrected chi connectivity index (χ2v) is 7.40. The molecule has 1 amide bonds. The van der Waals surface area contributed by atoms with E-state index in [1.54, 1.807) is 11.8 Å². The summed E-state index contributed by atoms with van der Waals surface area (Å²) in [7, 11) is 1.55. The fourth-order valence-electron chi connectivity index (χ4n) is 2.56. The summed E-state index contributed by atoms with van der Waals surface area (Å²) in [5.41, 5.74) is 3.21. The topological polar surface area (TPSA) is 69.0 Å². The molecular weight excluding hydrogens is 340 g/mol. The molecule has 140 valence electrons. The summed E-state index contributed by atoms with van der Waals surface area (Å²) in [6.07, 6.45) is 0. The summed E-state index contributed by atoms with van der Waals surface area (Å²) in [6, 6.07) is 15.8. The van der Waals surface area contributed by atoms with E-state index < -0.39 is 5.41 Å². The molecule has 0 atom stereocenters. The Morgan fingerprint density at radius 2 is 1.74 bits per heavy atom. The molecule has 0 aliphatic carbocycles. The van der Waals surface area contributed by atoms with E-state index in [-0.39, 0.29) is 5.91 Å². The number of aryl methyl sites for hydroxylation is 1. The minimum Gasteiger partial charge on any atom is -0.466 e. The first-order valence-electron chi connectivity index (χ1n) is 8.78. The van der Waals surface area contributed by atoms with Gasteiger partial charge in [0, 0.05) is 16.7 Å². The minimum absolute atomic E-state index is 0.0294. The van der Waals surface area contributed by atoms with Crippen LogP contribution in [0.5, 0.6) is 6.01 Å². The highest BCUT2D eigenvalue weighted by molar-refractivity contribution is 5.94. The van der Waals surface area contributed by atoms with Crippen LogP contribution in [-0.4, -0.2) is 27.8 Å². The molecular formula is C21H24N4O2. The lowest BCUT2D eigenvalue weighted by molar-refractivity contribution is -0.123. The fourth-order valence-corrected chi connectivity index (χ4v) is 2.56. The van der Waals surface area contributed by atoms with Crippen molar-refractivity contribution in [2.75, 3.05) is 12.4 Å². The van der Waals surface area contributed by atoms with Crippen LogP contribution in [-0.2, 0) is 4.79 Å². The number of methoxy groups -OCH3 is 1. The molecule has 0 unspecified atom stereocenters. The van der Waals surface area contributed by atoms with Crippen molar-refractivity contribution in [2.45, 2.75) is 27.7 Å². The summed E-state index contributed by atoms with van der Waals surface area (Å²) in [5.74, 6) is 0.676. The van der Waals surface area contributed by atoms with Crippen LogP contribution in [0, 0.1) is 12.3 Å². The van der Waals surface area contributed by atoms with Gasteiger partial charge in [-0.05, 0) is 36.8 Å². The Labute approximate surface area is 159 Å². The third-order valence-electron chi connectivity index (χ3n) is 4.21. The van der Waals surface area contributed by atoms with Crippen molar-refractivity contribution >= 4 is 11.6 Å². The Morgan fingerprint density at radius 1 is 1.07 bits per heavy atom. The number of aromatic nitrogens is 3. The van der Waals surface area contributed by atoms with Gasteiger partial charge in [-0.25, -0.2) is 4.68 Å². The molecule has 6 heteroatoms. The van der Waals surface area contributed by atoms with Crippen LogP contribution in [0.3, 0.4) is 0 Å². The van der Waals surface area contributed by atoms with Crippen LogP contribution in [0.4, 0.5) is 5.69 Å². The smallest absolute Gasteiger partial charge is 0.336 e. The third kappa shape index (κ3) is 4.00. The molecule has 0 saturated carbocycles. The van der Waals surface area contributed by atoms with Crippen LogP contribution in [0.2, 0.25) is 0 Å². The van der Waals surface area contributed by atoms with E-state index in [2.05, 4.69) is 15.4 Å². The average Bonchev–Trinajstić information content (AvgIpc) is 3.06. The monoisotopic (exact) mass is 364 g/mol. The van der Waals surface area contributed by atoms with E-state index in [1.807, 2.05) is 76.2 Å². The van der Waals surface area contributed by atoms with Gasteiger partial charge in [-0.15, -0.1) is 5.10 Å². The lowest BCUT2D eigenvalue weighted by atomic mass is 9.95. The molecule has 3 rings (SSSR count). The second kappa shape index (κ2) is 7.23. The van der Waals surface area contributed by atoms with Crippen molar-refractivity contribution in [3.8, 4) is 23.1 Å². The quantitative estimate of drug-likeness (QED) is 0.752. The molecule has 27 heavy (non-hydrogen) atoms.